The van der Waals surface area contributed by atoms with Crippen LogP contribution in [0.5, 0.6) is 17.2 Å². The van der Waals surface area contributed by atoms with Gasteiger partial charge >= 0.3 is 0 Å². The van der Waals surface area contributed by atoms with Crippen LogP contribution in [0.3, 0.4) is 0 Å². The van der Waals surface area contributed by atoms with Crippen LogP contribution in [0.1, 0.15) is 16.2 Å². The fourth-order valence-electron chi connectivity index (χ4n) is 3.00. The monoisotopic (exact) mass is 397 g/mol. The topological polar surface area (TPSA) is 76.7 Å². The summed E-state index contributed by atoms with van der Waals surface area (Å²) < 4.78 is 30.3. The van der Waals surface area contributed by atoms with E-state index in [-0.39, 0.29) is 30.1 Å². The first-order valence-corrected chi connectivity index (χ1v) is 9.15. The van der Waals surface area contributed by atoms with Crippen molar-refractivity contribution in [2.24, 2.45) is 0 Å². The second-order valence-electron chi connectivity index (χ2n) is 6.71. The molecule has 1 unspecified atom stereocenters. The van der Waals surface area contributed by atoms with Gasteiger partial charge in [-0.15, -0.1) is 0 Å². The lowest BCUT2D eigenvalue weighted by Crippen LogP contribution is -2.41. The molecule has 0 bridgehead atoms. The molecule has 1 aromatic heterocycles. The van der Waals surface area contributed by atoms with Gasteiger partial charge in [-0.2, -0.15) is 5.10 Å². The molecule has 0 fully saturated rings. The number of rotatable bonds is 6. The van der Waals surface area contributed by atoms with E-state index >= 15 is 0 Å². The summed E-state index contributed by atoms with van der Waals surface area (Å²) in [5.74, 6) is 1.15. The molecule has 4 rings (SSSR count). The third-order valence-corrected chi connectivity index (χ3v) is 4.43. The fraction of sp³-hybridized carbons (Fsp3) is 0.238. The van der Waals surface area contributed by atoms with Crippen molar-refractivity contribution >= 4 is 5.91 Å². The molecule has 3 aromatic rings. The first kappa shape index (κ1) is 18.8. The normalized spacial score (nSPS) is 15.0. The minimum Gasteiger partial charge on any atom is -0.487 e. The second-order valence-corrected chi connectivity index (χ2v) is 6.71. The molecular formula is C21H20FN3O4. The first-order valence-electron chi connectivity index (χ1n) is 9.15. The largest absolute Gasteiger partial charge is 0.487 e. The number of carbonyl (C=O) groups excluding carboxylic acids is 1. The Morgan fingerprint density at radius 2 is 2.07 bits per heavy atom. The molecule has 1 N–H and O–H groups in total. The van der Waals surface area contributed by atoms with Crippen molar-refractivity contribution in [3.63, 3.8) is 0 Å². The number of ether oxygens (including phenoxy) is 3. The van der Waals surface area contributed by atoms with Crippen molar-refractivity contribution in [1.29, 1.82) is 0 Å². The standard InChI is InChI=1S/C21H20FN3O4/c1-25(11-17-13-28-19-7-2-3-8-20(19)29-17)21(26)18-10-15(23-24-18)12-27-16-6-4-5-14(22)9-16/h2-10,17H,11-13H2,1H3,(H,23,24). The zero-order valence-corrected chi connectivity index (χ0v) is 15.8. The summed E-state index contributed by atoms with van der Waals surface area (Å²) in [4.78, 5) is 14.2. The minimum atomic E-state index is -0.374. The van der Waals surface area contributed by atoms with Gasteiger partial charge in [-0.05, 0) is 30.3 Å². The minimum absolute atomic E-state index is 0.143. The molecule has 0 radical (unpaired) electrons. The number of amides is 1. The number of benzene rings is 2. The summed E-state index contributed by atoms with van der Waals surface area (Å²) in [7, 11) is 1.68. The molecule has 1 atom stereocenters. The third kappa shape index (κ3) is 4.48. The summed E-state index contributed by atoms with van der Waals surface area (Å²) in [6.45, 7) is 0.862. The number of para-hydroxylation sites is 2. The van der Waals surface area contributed by atoms with Gasteiger partial charge in [0, 0.05) is 13.1 Å². The third-order valence-electron chi connectivity index (χ3n) is 4.43. The second kappa shape index (κ2) is 8.22. The van der Waals surface area contributed by atoms with Crippen molar-refractivity contribution in [2.45, 2.75) is 12.7 Å². The molecule has 7 nitrogen and oxygen atoms in total. The van der Waals surface area contributed by atoms with Gasteiger partial charge in [-0.25, -0.2) is 4.39 Å². The number of carbonyl (C=O) groups is 1. The van der Waals surface area contributed by atoms with Gasteiger partial charge in [-0.1, -0.05) is 18.2 Å². The molecule has 8 heteroatoms. The van der Waals surface area contributed by atoms with E-state index in [4.69, 9.17) is 14.2 Å². The maximum Gasteiger partial charge on any atom is 0.274 e. The van der Waals surface area contributed by atoms with Crippen LogP contribution in [-0.4, -0.2) is 47.3 Å². The van der Waals surface area contributed by atoms with E-state index in [0.717, 1.165) is 0 Å². The number of fused-ring (bicyclic) bond motifs is 1. The Hall–Kier alpha value is -3.55. The van der Waals surface area contributed by atoms with E-state index in [1.54, 1.807) is 25.2 Å². The number of halogens is 1. The van der Waals surface area contributed by atoms with Crippen LogP contribution in [0.25, 0.3) is 0 Å². The molecule has 0 saturated heterocycles. The number of hydrogen-bond donors (Lipinski definition) is 1. The van der Waals surface area contributed by atoms with E-state index in [1.807, 2.05) is 24.3 Å². The van der Waals surface area contributed by atoms with Crippen molar-refractivity contribution in [3.05, 3.63) is 71.8 Å². The van der Waals surface area contributed by atoms with Crippen LogP contribution < -0.4 is 14.2 Å². The number of aromatic amines is 1. The molecule has 2 aromatic carbocycles. The molecular weight excluding hydrogens is 377 g/mol. The molecule has 0 saturated carbocycles. The quantitative estimate of drug-likeness (QED) is 0.692. The van der Waals surface area contributed by atoms with E-state index in [2.05, 4.69) is 10.2 Å². The lowest BCUT2D eigenvalue weighted by Gasteiger charge is -2.29. The average molecular weight is 397 g/mol. The van der Waals surface area contributed by atoms with Gasteiger partial charge in [-0.3, -0.25) is 9.89 Å². The van der Waals surface area contributed by atoms with Crippen LogP contribution in [0.4, 0.5) is 4.39 Å². The zero-order valence-electron chi connectivity index (χ0n) is 15.8. The van der Waals surface area contributed by atoms with Gasteiger partial charge in [0.1, 0.15) is 24.8 Å². The van der Waals surface area contributed by atoms with Gasteiger partial charge in [0.15, 0.2) is 23.3 Å². The highest BCUT2D eigenvalue weighted by Crippen LogP contribution is 2.31. The summed E-state index contributed by atoms with van der Waals surface area (Å²) >= 11 is 0. The summed E-state index contributed by atoms with van der Waals surface area (Å²) in [5.41, 5.74) is 0.875. The van der Waals surface area contributed by atoms with E-state index in [1.165, 1.54) is 17.0 Å². The van der Waals surface area contributed by atoms with Crippen molar-refractivity contribution in [1.82, 2.24) is 15.1 Å². The lowest BCUT2D eigenvalue weighted by atomic mass is 10.2. The Balaban J connectivity index is 1.32. The predicted molar refractivity (Wildman–Crippen MR) is 103 cm³/mol. The van der Waals surface area contributed by atoms with Gasteiger partial charge in [0.2, 0.25) is 0 Å². The number of nitrogens with one attached hydrogen (secondary N) is 1. The molecule has 29 heavy (non-hydrogen) atoms. The van der Waals surface area contributed by atoms with Crippen LogP contribution in [0.15, 0.2) is 54.6 Å². The number of aromatic nitrogens is 2. The van der Waals surface area contributed by atoms with Crippen LogP contribution in [0, 0.1) is 5.82 Å². The smallest absolute Gasteiger partial charge is 0.274 e. The van der Waals surface area contributed by atoms with Crippen molar-refractivity contribution in [3.8, 4) is 17.2 Å². The highest BCUT2D eigenvalue weighted by Gasteiger charge is 2.25. The Kier molecular flexibility index (Phi) is 5.33. The molecule has 1 aliphatic heterocycles. The van der Waals surface area contributed by atoms with E-state index in [0.29, 0.717) is 36.1 Å². The van der Waals surface area contributed by atoms with E-state index < -0.39 is 0 Å². The Morgan fingerprint density at radius 3 is 2.90 bits per heavy atom. The Morgan fingerprint density at radius 1 is 1.24 bits per heavy atom. The maximum atomic E-state index is 13.2. The van der Waals surface area contributed by atoms with Crippen molar-refractivity contribution in [2.75, 3.05) is 20.2 Å². The molecule has 1 amide bonds. The molecule has 0 spiro atoms. The Bertz CT molecular complexity index is 1010. The molecule has 1 aliphatic rings. The fourth-order valence-corrected chi connectivity index (χ4v) is 3.00. The first-order chi connectivity index (χ1) is 14.1. The molecule has 2 heterocycles. The Labute approximate surface area is 167 Å². The van der Waals surface area contributed by atoms with Gasteiger partial charge in [0.05, 0.1) is 12.2 Å². The SMILES string of the molecule is CN(CC1COc2ccccc2O1)C(=O)c1cc(COc2cccc(F)c2)[nH]n1. The van der Waals surface area contributed by atoms with Crippen LogP contribution in [0.2, 0.25) is 0 Å². The van der Waals surface area contributed by atoms with Crippen LogP contribution in [-0.2, 0) is 6.61 Å². The summed E-state index contributed by atoms with van der Waals surface area (Å²) in [6, 6.07) is 14.9. The molecule has 0 aliphatic carbocycles. The predicted octanol–water partition coefficient (Wildman–Crippen LogP) is 3.04. The summed E-state index contributed by atoms with van der Waals surface area (Å²) in [6.07, 6.45) is -0.270. The zero-order chi connectivity index (χ0) is 20.2. The molecule has 150 valence electrons. The van der Waals surface area contributed by atoms with Gasteiger partial charge < -0.3 is 19.1 Å². The van der Waals surface area contributed by atoms with E-state index in [9.17, 15) is 9.18 Å². The number of H-pyrrole nitrogens is 1. The van der Waals surface area contributed by atoms with Crippen molar-refractivity contribution < 1.29 is 23.4 Å². The summed E-state index contributed by atoms with van der Waals surface area (Å²) in [5, 5.41) is 6.82. The maximum absolute atomic E-state index is 13.2. The highest BCUT2D eigenvalue weighted by atomic mass is 19.1. The lowest BCUT2D eigenvalue weighted by molar-refractivity contribution is 0.0517. The number of hydrogen-bond acceptors (Lipinski definition) is 5. The number of nitrogens with zero attached hydrogens (tertiary/aromatic N) is 2. The number of likely N-dealkylation sites (N-methyl/N-ethyl adjacent to an activating group) is 1. The average Bonchev–Trinajstić information content (AvgIpc) is 3.20. The highest BCUT2D eigenvalue weighted by molar-refractivity contribution is 5.92. The van der Waals surface area contributed by atoms with Crippen LogP contribution >= 0.6 is 0 Å². The van der Waals surface area contributed by atoms with Gasteiger partial charge in [0.25, 0.3) is 5.91 Å².